The highest BCUT2D eigenvalue weighted by molar-refractivity contribution is 7.98. The Morgan fingerprint density at radius 2 is 1.62 bits per heavy atom. The largest absolute Gasteiger partial charge is 0.478 e. The van der Waals surface area contributed by atoms with Gasteiger partial charge >= 0.3 is 11.9 Å². The third-order valence-electron chi connectivity index (χ3n) is 12.0. The standard InChI is InChI=1S/C43H59N5O11S/c1-59-37(52)16-10-9-15-28(21-35(50)30-17-19-45-24-32(30)43(57)58)40(54)46-33(18-20-60-2)42(56)48-25-29(49)22-34(48)41(55)47-38(27-13-7-4-8-14-27)36(51)23-31(39(44)53)26-11-5-3-6-12-26/h10,16-17,19,24,26-28,31,33-34,38H,3-9,11-15,18,20-23,25H2,1-2H3,(H2,44,53)(H,46,54)(H,47,55)(H,57,58)/b16-10+/t28-,31+,33+,34+,38+/m1/s1. The maximum atomic E-state index is 14.4. The zero-order chi connectivity index (χ0) is 43.8. The highest BCUT2D eigenvalue weighted by Crippen LogP contribution is 2.34. The molecule has 5 N–H and O–H groups in total. The van der Waals surface area contributed by atoms with Gasteiger partial charge in [-0.15, -0.1) is 0 Å². The van der Waals surface area contributed by atoms with Crippen LogP contribution in [0.2, 0.25) is 0 Å². The van der Waals surface area contributed by atoms with Crippen molar-refractivity contribution in [3.05, 3.63) is 41.7 Å². The van der Waals surface area contributed by atoms with Crippen LogP contribution in [0.4, 0.5) is 0 Å². The van der Waals surface area contributed by atoms with E-state index in [9.17, 15) is 48.3 Å². The van der Waals surface area contributed by atoms with Crippen molar-refractivity contribution >= 4 is 64.7 Å². The number of esters is 1. The summed E-state index contributed by atoms with van der Waals surface area (Å²) in [4.78, 5) is 124. The molecule has 5 atom stereocenters. The minimum atomic E-state index is -1.38. The van der Waals surface area contributed by atoms with Crippen molar-refractivity contribution in [1.29, 1.82) is 0 Å². The molecule has 2 heterocycles. The minimum Gasteiger partial charge on any atom is -0.478 e. The quantitative estimate of drug-likeness (QED) is 0.0741. The number of carboxylic acid groups (broad SMARTS) is 1. The zero-order valence-electron chi connectivity index (χ0n) is 34.6. The van der Waals surface area contributed by atoms with Gasteiger partial charge < -0.3 is 31.1 Å². The van der Waals surface area contributed by atoms with E-state index in [1.54, 1.807) is 0 Å². The Labute approximate surface area is 354 Å². The van der Waals surface area contributed by atoms with Crippen LogP contribution < -0.4 is 16.4 Å². The highest BCUT2D eigenvalue weighted by Gasteiger charge is 2.44. The molecular weight excluding hydrogens is 795 g/mol. The number of Topliss-reactive ketones (excluding diaryl/α,β-unsaturated/α-hetero) is 3. The fourth-order valence-corrected chi connectivity index (χ4v) is 9.18. The molecule has 60 heavy (non-hydrogen) atoms. The van der Waals surface area contributed by atoms with Crippen LogP contribution in [0.25, 0.3) is 0 Å². The smallest absolute Gasteiger partial charge is 0.338 e. The molecule has 1 aromatic heterocycles. The van der Waals surface area contributed by atoms with Crippen LogP contribution in [0.1, 0.15) is 123 Å². The number of rotatable bonds is 22. The molecule has 1 saturated heterocycles. The molecule has 3 fully saturated rings. The van der Waals surface area contributed by atoms with E-state index in [2.05, 4.69) is 20.4 Å². The van der Waals surface area contributed by atoms with Gasteiger partial charge in [-0.2, -0.15) is 11.8 Å². The number of pyridine rings is 1. The summed E-state index contributed by atoms with van der Waals surface area (Å²) in [6, 6.07) is -2.16. The molecule has 17 heteroatoms. The molecule has 0 bridgehead atoms. The molecule has 16 nitrogen and oxygen atoms in total. The second-order valence-corrected chi connectivity index (χ2v) is 17.1. The second kappa shape index (κ2) is 23.8. The number of allylic oxidation sites excluding steroid dienone is 1. The van der Waals surface area contributed by atoms with E-state index in [4.69, 9.17) is 5.73 Å². The summed E-state index contributed by atoms with van der Waals surface area (Å²) in [5.41, 5.74) is 5.35. The van der Waals surface area contributed by atoms with Crippen LogP contribution in [0.5, 0.6) is 0 Å². The predicted octanol–water partition coefficient (Wildman–Crippen LogP) is 3.59. The molecular formula is C43H59N5O11S. The SMILES string of the molecule is COC(=O)/C=C/CC[C@H](CC(=O)c1ccncc1C(=O)O)C(=O)N[C@@H](CCSC)C(=O)N1CC(=O)C[C@H]1C(=O)N[C@H](C(=O)C[C@H](C(N)=O)C1CCCCC1)C1CCCCC1. The third-order valence-corrected chi connectivity index (χ3v) is 12.7. The number of ether oxygens (including phenoxy) is 1. The van der Waals surface area contributed by atoms with E-state index in [-0.39, 0.29) is 66.6 Å². The number of nitrogens with two attached hydrogens (primary N) is 1. The number of hydrogen-bond acceptors (Lipinski definition) is 12. The van der Waals surface area contributed by atoms with E-state index < -0.39 is 84.3 Å². The van der Waals surface area contributed by atoms with E-state index >= 15 is 0 Å². The number of aromatic nitrogens is 1. The van der Waals surface area contributed by atoms with E-state index in [1.165, 1.54) is 43.3 Å². The Morgan fingerprint density at radius 3 is 2.23 bits per heavy atom. The number of primary amides is 1. The number of nitrogens with one attached hydrogen (secondary N) is 2. The third kappa shape index (κ3) is 13.5. The van der Waals surface area contributed by atoms with Crippen LogP contribution in [0.15, 0.2) is 30.6 Å². The average Bonchev–Trinajstić information content (AvgIpc) is 3.65. The Bertz CT molecular complexity index is 1770. The Hall–Kier alpha value is -4.93. The van der Waals surface area contributed by atoms with Crippen LogP contribution in [0, 0.1) is 23.7 Å². The van der Waals surface area contributed by atoms with Crippen LogP contribution in [-0.2, 0) is 38.3 Å². The molecule has 2 saturated carbocycles. The number of aromatic carboxylic acids is 1. The fraction of sp³-hybridized carbons (Fsp3) is 0.628. The van der Waals surface area contributed by atoms with Gasteiger partial charge in [0.15, 0.2) is 17.3 Å². The number of likely N-dealkylation sites (tertiary alicyclic amines) is 1. The highest BCUT2D eigenvalue weighted by atomic mass is 32.2. The molecule has 2 aliphatic carbocycles. The summed E-state index contributed by atoms with van der Waals surface area (Å²) in [5, 5.41) is 15.3. The molecule has 0 aromatic carbocycles. The minimum absolute atomic E-state index is 0.0104. The van der Waals surface area contributed by atoms with Crippen molar-refractivity contribution in [2.75, 3.05) is 25.7 Å². The summed E-state index contributed by atoms with van der Waals surface area (Å²) in [5.74, 6) is -7.44. The maximum Gasteiger partial charge on any atom is 0.338 e. The fourth-order valence-electron chi connectivity index (χ4n) is 8.71. The van der Waals surface area contributed by atoms with Crippen molar-refractivity contribution in [2.45, 2.75) is 121 Å². The van der Waals surface area contributed by atoms with Crippen LogP contribution in [0.3, 0.4) is 0 Å². The Balaban J connectivity index is 1.55. The number of thioether (sulfide) groups is 1. The number of carbonyl (C=O) groups excluding carboxylic acids is 8. The lowest BCUT2D eigenvalue weighted by atomic mass is 9.75. The number of nitrogens with zero attached hydrogens (tertiary/aromatic N) is 2. The lowest BCUT2D eigenvalue weighted by Gasteiger charge is -2.34. The topological polar surface area (TPSA) is 249 Å². The van der Waals surface area contributed by atoms with Crippen LogP contribution >= 0.6 is 11.8 Å². The predicted molar refractivity (Wildman–Crippen MR) is 221 cm³/mol. The second-order valence-electron chi connectivity index (χ2n) is 16.1. The zero-order valence-corrected chi connectivity index (χ0v) is 35.4. The summed E-state index contributed by atoms with van der Waals surface area (Å²) >= 11 is 1.40. The summed E-state index contributed by atoms with van der Waals surface area (Å²) in [7, 11) is 1.21. The normalized spacial score (nSPS) is 19.5. The summed E-state index contributed by atoms with van der Waals surface area (Å²) < 4.78 is 4.62. The molecule has 4 amide bonds. The first-order valence-electron chi connectivity index (χ1n) is 20.9. The van der Waals surface area contributed by atoms with E-state index in [1.807, 2.05) is 6.26 Å². The first-order valence-corrected chi connectivity index (χ1v) is 22.3. The molecule has 0 spiro atoms. The summed E-state index contributed by atoms with van der Waals surface area (Å²) in [6.45, 7) is -0.393. The molecule has 328 valence electrons. The van der Waals surface area contributed by atoms with E-state index in [0.29, 0.717) is 18.6 Å². The molecule has 0 radical (unpaired) electrons. The van der Waals surface area contributed by atoms with Gasteiger partial charge in [-0.05, 0) is 74.9 Å². The maximum absolute atomic E-state index is 14.4. The number of amides is 4. The van der Waals surface area contributed by atoms with Gasteiger partial charge in [-0.1, -0.05) is 44.6 Å². The number of carboxylic acids is 1. The van der Waals surface area contributed by atoms with Crippen molar-refractivity contribution in [1.82, 2.24) is 20.5 Å². The number of methoxy groups -OCH3 is 1. The number of hydrogen-bond donors (Lipinski definition) is 4. The first-order chi connectivity index (χ1) is 28.7. The van der Waals surface area contributed by atoms with Gasteiger partial charge in [0.1, 0.15) is 12.1 Å². The average molecular weight is 854 g/mol. The van der Waals surface area contributed by atoms with Crippen LogP contribution in [-0.4, -0.2) is 112 Å². The van der Waals surface area contributed by atoms with Gasteiger partial charge in [-0.25, -0.2) is 9.59 Å². The lowest BCUT2D eigenvalue weighted by Crippen LogP contribution is -2.57. The van der Waals surface area contributed by atoms with E-state index in [0.717, 1.165) is 62.5 Å². The molecule has 4 rings (SSSR count). The van der Waals surface area contributed by atoms with Gasteiger partial charge in [0, 0.05) is 55.1 Å². The van der Waals surface area contributed by atoms with Gasteiger partial charge in [0.05, 0.1) is 25.3 Å². The summed E-state index contributed by atoms with van der Waals surface area (Å²) in [6.07, 6.45) is 14.9. The first kappa shape index (κ1) is 47.7. The van der Waals surface area contributed by atoms with Crippen molar-refractivity contribution < 1.29 is 53.0 Å². The monoisotopic (exact) mass is 853 g/mol. The Kier molecular flexibility index (Phi) is 18.9. The molecule has 0 unspecified atom stereocenters. The van der Waals surface area contributed by atoms with Gasteiger partial charge in [0.2, 0.25) is 23.6 Å². The number of carbonyl (C=O) groups is 9. The van der Waals surface area contributed by atoms with Crippen molar-refractivity contribution in [3.63, 3.8) is 0 Å². The Morgan fingerprint density at radius 1 is 0.950 bits per heavy atom. The molecule has 1 aliphatic heterocycles. The van der Waals surface area contributed by atoms with Gasteiger partial charge in [0.25, 0.3) is 0 Å². The molecule has 1 aromatic rings. The lowest BCUT2D eigenvalue weighted by molar-refractivity contribution is -0.143. The van der Waals surface area contributed by atoms with Crippen molar-refractivity contribution in [2.24, 2.45) is 29.4 Å². The molecule has 3 aliphatic rings. The van der Waals surface area contributed by atoms with Gasteiger partial charge in [-0.3, -0.25) is 38.5 Å². The number of ketones is 3. The van der Waals surface area contributed by atoms with Crippen molar-refractivity contribution in [3.8, 4) is 0 Å².